The van der Waals surface area contributed by atoms with Gasteiger partial charge in [-0.2, -0.15) is 0 Å². The number of pyridine rings is 1. The van der Waals surface area contributed by atoms with E-state index in [2.05, 4.69) is 30.0 Å². The first-order valence-corrected chi connectivity index (χ1v) is 8.39. The van der Waals surface area contributed by atoms with Crippen LogP contribution in [-0.2, 0) is 13.0 Å². The third kappa shape index (κ3) is 3.02. The standard InChI is InChI=1S/C17H19N7O/c1-12(16-22-21-14-4-2-3-8-24(14)16)20-17(25)13-5-6-19-15(10-13)23-9-7-18-11-23/h5-7,9-12H,2-4,8H2,1H3,(H,20,25)/t12-/m1/s1. The lowest BCUT2D eigenvalue weighted by Crippen LogP contribution is -2.29. The lowest BCUT2D eigenvalue weighted by molar-refractivity contribution is 0.0937. The Hall–Kier alpha value is -3.03. The Morgan fingerprint density at radius 1 is 1.28 bits per heavy atom. The molecular weight excluding hydrogens is 318 g/mol. The largest absolute Gasteiger partial charge is 0.342 e. The Balaban J connectivity index is 1.52. The quantitative estimate of drug-likeness (QED) is 0.782. The molecule has 1 aliphatic heterocycles. The van der Waals surface area contributed by atoms with E-state index in [0.29, 0.717) is 11.4 Å². The summed E-state index contributed by atoms with van der Waals surface area (Å²) in [5.41, 5.74) is 0.545. The van der Waals surface area contributed by atoms with Gasteiger partial charge >= 0.3 is 0 Å². The summed E-state index contributed by atoms with van der Waals surface area (Å²) >= 11 is 0. The summed E-state index contributed by atoms with van der Waals surface area (Å²) in [6.45, 7) is 2.85. The summed E-state index contributed by atoms with van der Waals surface area (Å²) in [4.78, 5) is 20.9. The first kappa shape index (κ1) is 15.5. The second-order valence-corrected chi connectivity index (χ2v) is 6.15. The van der Waals surface area contributed by atoms with E-state index in [0.717, 1.165) is 37.5 Å². The van der Waals surface area contributed by atoms with Gasteiger partial charge < -0.3 is 9.88 Å². The van der Waals surface area contributed by atoms with Crippen molar-refractivity contribution in [1.29, 1.82) is 0 Å². The second kappa shape index (κ2) is 6.46. The van der Waals surface area contributed by atoms with E-state index in [4.69, 9.17) is 0 Å². The molecule has 0 fully saturated rings. The molecular formula is C17H19N7O. The zero-order chi connectivity index (χ0) is 17.2. The lowest BCUT2D eigenvalue weighted by Gasteiger charge is -2.19. The van der Waals surface area contributed by atoms with Gasteiger partial charge in [0, 0.05) is 37.1 Å². The average molecular weight is 337 g/mol. The fraction of sp³-hybridized carbons (Fsp3) is 0.353. The number of nitrogens with one attached hydrogen (secondary N) is 1. The Morgan fingerprint density at radius 3 is 3.04 bits per heavy atom. The first-order valence-electron chi connectivity index (χ1n) is 8.39. The highest BCUT2D eigenvalue weighted by Crippen LogP contribution is 2.19. The fourth-order valence-corrected chi connectivity index (χ4v) is 3.09. The number of rotatable bonds is 4. The Kier molecular flexibility index (Phi) is 4.01. The maximum Gasteiger partial charge on any atom is 0.252 e. The number of aromatic nitrogens is 6. The zero-order valence-electron chi connectivity index (χ0n) is 14.0. The topological polar surface area (TPSA) is 90.5 Å². The molecule has 1 atom stereocenters. The molecule has 3 aromatic heterocycles. The van der Waals surface area contributed by atoms with Crippen molar-refractivity contribution in [1.82, 2.24) is 34.6 Å². The van der Waals surface area contributed by atoms with Crippen LogP contribution in [0.15, 0.2) is 37.1 Å². The van der Waals surface area contributed by atoms with Gasteiger partial charge in [0.25, 0.3) is 5.91 Å². The number of hydrogen-bond acceptors (Lipinski definition) is 5. The van der Waals surface area contributed by atoms with Crippen LogP contribution in [0.2, 0.25) is 0 Å². The van der Waals surface area contributed by atoms with Gasteiger partial charge in [-0.25, -0.2) is 9.97 Å². The van der Waals surface area contributed by atoms with Gasteiger partial charge in [-0.15, -0.1) is 10.2 Å². The summed E-state index contributed by atoms with van der Waals surface area (Å²) in [6.07, 6.45) is 9.94. The maximum absolute atomic E-state index is 12.6. The molecule has 0 bridgehead atoms. The molecule has 1 aliphatic rings. The van der Waals surface area contributed by atoms with E-state index in [1.165, 1.54) is 0 Å². The number of aryl methyl sites for hydroxylation is 1. The van der Waals surface area contributed by atoms with Crippen molar-refractivity contribution < 1.29 is 4.79 Å². The molecule has 0 saturated heterocycles. The predicted octanol–water partition coefficient (Wildman–Crippen LogP) is 1.69. The van der Waals surface area contributed by atoms with Crippen LogP contribution in [0.3, 0.4) is 0 Å². The number of imidazole rings is 1. The number of hydrogen-bond donors (Lipinski definition) is 1. The summed E-state index contributed by atoms with van der Waals surface area (Å²) in [7, 11) is 0. The SMILES string of the molecule is C[C@@H](NC(=O)c1ccnc(-n2ccnc2)c1)c1nnc2n1CCCC2. The van der Waals surface area contributed by atoms with Crippen molar-refractivity contribution in [2.24, 2.45) is 0 Å². The van der Waals surface area contributed by atoms with Gasteiger partial charge in [-0.05, 0) is 31.9 Å². The smallest absolute Gasteiger partial charge is 0.252 e. The Bertz CT molecular complexity index is 884. The predicted molar refractivity (Wildman–Crippen MR) is 90.2 cm³/mol. The minimum Gasteiger partial charge on any atom is -0.342 e. The highest BCUT2D eigenvalue weighted by molar-refractivity contribution is 5.94. The van der Waals surface area contributed by atoms with E-state index in [9.17, 15) is 4.79 Å². The van der Waals surface area contributed by atoms with Crippen LogP contribution in [0.1, 0.15) is 47.8 Å². The zero-order valence-corrected chi connectivity index (χ0v) is 14.0. The lowest BCUT2D eigenvalue weighted by atomic mass is 10.1. The highest BCUT2D eigenvalue weighted by Gasteiger charge is 2.21. The molecule has 25 heavy (non-hydrogen) atoms. The molecule has 0 unspecified atom stereocenters. The van der Waals surface area contributed by atoms with Crippen molar-refractivity contribution in [2.75, 3.05) is 0 Å². The van der Waals surface area contributed by atoms with Crippen LogP contribution < -0.4 is 5.32 Å². The van der Waals surface area contributed by atoms with Crippen LogP contribution in [-0.4, -0.2) is 35.2 Å². The van der Waals surface area contributed by atoms with Gasteiger partial charge in [0.2, 0.25) is 0 Å². The van der Waals surface area contributed by atoms with Crippen molar-refractivity contribution in [3.05, 3.63) is 54.3 Å². The van der Waals surface area contributed by atoms with E-state index >= 15 is 0 Å². The number of carbonyl (C=O) groups excluding carboxylic acids is 1. The summed E-state index contributed by atoms with van der Waals surface area (Å²) in [5.74, 6) is 2.31. The van der Waals surface area contributed by atoms with Crippen LogP contribution >= 0.6 is 0 Å². The molecule has 8 nitrogen and oxygen atoms in total. The van der Waals surface area contributed by atoms with E-state index in [-0.39, 0.29) is 11.9 Å². The Morgan fingerprint density at radius 2 is 2.20 bits per heavy atom. The minimum atomic E-state index is -0.211. The number of nitrogens with zero attached hydrogens (tertiary/aromatic N) is 6. The minimum absolute atomic E-state index is 0.163. The van der Waals surface area contributed by atoms with Crippen LogP contribution in [0.4, 0.5) is 0 Å². The molecule has 4 rings (SSSR count). The molecule has 8 heteroatoms. The summed E-state index contributed by atoms with van der Waals surface area (Å²) in [5, 5.41) is 11.5. The first-order chi connectivity index (χ1) is 12.2. The van der Waals surface area contributed by atoms with Crippen LogP contribution in [0.25, 0.3) is 5.82 Å². The van der Waals surface area contributed by atoms with Gasteiger partial charge in [0.05, 0.1) is 6.04 Å². The maximum atomic E-state index is 12.6. The highest BCUT2D eigenvalue weighted by atomic mass is 16.1. The molecule has 1 amide bonds. The molecule has 4 heterocycles. The second-order valence-electron chi connectivity index (χ2n) is 6.15. The van der Waals surface area contributed by atoms with Crippen molar-refractivity contribution in [3.63, 3.8) is 0 Å². The number of amides is 1. The van der Waals surface area contributed by atoms with Crippen LogP contribution in [0.5, 0.6) is 0 Å². The van der Waals surface area contributed by atoms with Crippen molar-refractivity contribution >= 4 is 5.91 Å². The monoisotopic (exact) mass is 337 g/mol. The third-order valence-corrected chi connectivity index (χ3v) is 4.40. The molecule has 3 aromatic rings. The van der Waals surface area contributed by atoms with E-state index in [1.54, 1.807) is 41.6 Å². The van der Waals surface area contributed by atoms with E-state index in [1.807, 2.05) is 6.92 Å². The Labute approximate surface area is 144 Å². The van der Waals surface area contributed by atoms with E-state index < -0.39 is 0 Å². The number of fused-ring (bicyclic) bond motifs is 1. The summed E-state index contributed by atoms with van der Waals surface area (Å²) < 4.78 is 3.88. The van der Waals surface area contributed by atoms with Gasteiger partial charge in [0.15, 0.2) is 5.82 Å². The average Bonchev–Trinajstić information content (AvgIpc) is 3.31. The van der Waals surface area contributed by atoms with Gasteiger partial charge in [-0.3, -0.25) is 9.36 Å². The van der Waals surface area contributed by atoms with Gasteiger partial charge in [0.1, 0.15) is 18.0 Å². The molecule has 0 spiro atoms. The normalized spacial score (nSPS) is 14.8. The molecule has 0 aliphatic carbocycles. The number of carbonyl (C=O) groups is 1. The molecule has 0 radical (unpaired) electrons. The third-order valence-electron chi connectivity index (χ3n) is 4.40. The van der Waals surface area contributed by atoms with Gasteiger partial charge in [-0.1, -0.05) is 0 Å². The summed E-state index contributed by atoms with van der Waals surface area (Å²) in [6, 6.07) is 3.22. The van der Waals surface area contributed by atoms with Crippen LogP contribution in [0, 0.1) is 0 Å². The molecule has 0 saturated carbocycles. The van der Waals surface area contributed by atoms with Crippen molar-refractivity contribution in [2.45, 2.75) is 38.8 Å². The molecule has 128 valence electrons. The van der Waals surface area contributed by atoms with Crippen molar-refractivity contribution in [3.8, 4) is 5.82 Å². The molecule has 0 aromatic carbocycles. The fourth-order valence-electron chi connectivity index (χ4n) is 3.09. The molecule has 1 N–H and O–H groups in total.